The average molecular weight is 376 g/mol. The Labute approximate surface area is 152 Å². The zero-order valence-electron chi connectivity index (χ0n) is 14.6. The number of para-hydroxylation sites is 2. The minimum Gasteiger partial charge on any atom is -0.495 e. The molecular formula is C18H20N2O5S. The van der Waals surface area contributed by atoms with Gasteiger partial charge < -0.3 is 14.4 Å². The maximum atomic E-state index is 12.9. The number of anilines is 2. The highest BCUT2D eigenvalue weighted by Crippen LogP contribution is 2.33. The second-order valence-corrected chi connectivity index (χ2v) is 7.44. The van der Waals surface area contributed by atoms with Crippen molar-refractivity contribution in [3.05, 3.63) is 42.5 Å². The van der Waals surface area contributed by atoms with Crippen LogP contribution >= 0.6 is 0 Å². The molecule has 1 N–H and O–H groups in total. The number of hydrogen-bond acceptors (Lipinski definition) is 5. The van der Waals surface area contributed by atoms with Crippen LogP contribution in [0, 0.1) is 0 Å². The molecule has 1 amide bonds. The Morgan fingerprint density at radius 2 is 1.77 bits per heavy atom. The van der Waals surface area contributed by atoms with Crippen LogP contribution in [-0.4, -0.2) is 35.1 Å². The molecule has 7 nitrogen and oxygen atoms in total. The molecule has 1 saturated heterocycles. The number of carbonyl (C=O) groups excluding carboxylic acids is 1. The summed E-state index contributed by atoms with van der Waals surface area (Å²) in [6.45, 7) is 0.574. The molecule has 0 saturated carbocycles. The predicted molar refractivity (Wildman–Crippen MR) is 98.4 cm³/mol. The second kappa shape index (κ2) is 7.25. The van der Waals surface area contributed by atoms with Gasteiger partial charge in [0.2, 0.25) is 5.91 Å². The van der Waals surface area contributed by atoms with E-state index in [1.165, 1.54) is 20.3 Å². The molecule has 1 aliphatic rings. The van der Waals surface area contributed by atoms with E-state index in [1.54, 1.807) is 41.3 Å². The molecule has 0 spiro atoms. The molecule has 3 rings (SSSR count). The summed E-state index contributed by atoms with van der Waals surface area (Å²) in [6.07, 6.45) is 1.22. The van der Waals surface area contributed by atoms with Crippen molar-refractivity contribution in [1.82, 2.24) is 0 Å². The van der Waals surface area contributed by atoms with Gasteiger partial charge >= 0.3 is 0 Å². The number of ether oxygens (including phenoxy) is 2. The lowest BCUT2D eigenvalue weighted by molar-refractivity contribution is -0.117. The van der Waals surface area contributed by atoms with Crippen molar-refractivity contribution in [1.29, 1.82) is 0 Å². The number of rotatable bonds is 6. The van der Waals surface area contributed by atoms with E-state index < -0.39 is 10.0 Å². The largest absolute Gasteiger partial charge is 0.495 e. The molecule has 2 aromatic rings. The van der Waals surface area contributed by atoms with Crippen molar-refractivity contribution in [2.45, 2.75) is 17.7 Å². The number of amides is 1. The first-order valence-electron chi connectivity index (χ1n) is 8.10. The highest BCUT2D eigenvalue weighted by Gasteiger charge is 2.26. The lowest BCUT2D eigenvalue weighted by atomic mass is 10.3. The van der Waals surface area contributed by atoms with Crippen LogP contribution in [0.2, 0.25) is 0 Å². The molecule has 0 aromatic heterocycles. The summed E-state index contributed by atoms with van der Waals surface area (Å²) in [7, 11) is -1.08. The molecular weight excluding hydrogens is 356 g/mol. The fourth-order valence-corrected chi connectivity index (χ4v) is 4.15. The van der Waals surface area contributed by atoms with Gasteiger partial charge in [0.1, 0.15) is 16.4 Å². The molecule has 1 aliphatic heterocycles. The van der Waals surface area contributed by atoms with Crippen LogP contribution in [0.3, 0.4) is 0 Å². The van der Waals surface area contributed by atoms with E-state index in [9.17, 15) is 13.2 Å². The topological polar surface area (TPSA) is 84.9 Å². The Morgan fingerprint density at radius 1 is 1.04 bits per heavy atom. The number of benzene rings is 2. The highest BCUT2D eigenvalue weighted by molar-refractivity contribution is 7.92. The minimum atomic E-state index is -3.95. The van der Waals surface area contributed by atoms with Gasteiger partial charge in [-0.2, -0.15) is 0 Å². The fourth-order valence-electron chi connectivity index (χ4n) is 2.89. The number of hydrogen-bond donors (Lipinski definition) is 1. The maximum absolute atomic E-state index is 12.9. The van der Waals surface area contributed by atoms with Gasteiger partial charge in [-0.3, -0.25) is 9.52 Å². The Morgan fingerprint density at radius 3 is 2.42 bits per heavy atom. The third-order valence-electron chi connectivity index (χ3n) is 4.17. The third-order valence-corrected chi connectivity index (χ3v) is 5.56. The van der Waals surface area contributed by atoms with Gasteiger partial charge in [-0.25, -0.2) is 8.42 Å². The fraction of sp³-hybridized carbons (Fsp3) is 0.278. The van der Waals surface area contributed by atoms with Crippen LogP contribution in [0.25, 0.3) is 0 Å². The van der Waals surface area contributed by atoms with Crippen molar-refractivity contribution < 1.29 is 22.7 Å². The van der Waals surface area contributed by atoms with Crippen LogP contribution in [0.5, 0.6) is 11.5 Å². The van der Waals surface area contributed by atoms with E-state index in [4.69, 9.17) is 9.47 Å². The SMILES string of the molecule is COc1ccccc1NS(=O)(=O)c1cc(N2CCCC2=O)ccc1OC. The average Bonchev–Trinajstić information content (AvgIpc) is 3.07. The lowest BCUT2D eigenvalue weighted by Crippen LogP contribution is -2.24. The summed E-state index contributed by atoms with van der Waals surface area (Å²) in [5.41, 5.74) is 0.855. The van der Waals surface area contributed by atoms with E-state index in [0.29, 0.717) is 30.1 Å². The molecule has 0 aliphatic carbocycles. The molecule has 0 atom stereocenters. The van der Waals surface area contributed by atoms with Gasteiger partial charge in [-0.05, 0) is 36.8 Å². The molecule has 8 heteroatoms. The Bertz CT molecular complexity index is 927. The van der Waals surface area contributed by atoms with Gasteiger partial charge in [0.25, 0.3) is 10.0 Å². The summed E-state index contributed by atoms with van der Waals surface area (Å²) in [5.74, 6) is 0.583. The van der Waals surface area contributed by atoms with Gasteiger partial charge in [0, 0.05) is 18.7 Å². The number of carbonyl (C=O) groups is 1. The Kier molecular flexibility index (Phi) is 5.03. The summed E-state index contributed by atoms with van der Waals surface area (Å²) in [6, 6.07) is 11.4. The normalized spacial score (nSPS) is 14.4. The zero-order chi connectivity index (χ0) is 18.7. The first-order chi connectivity index (χ1) is 12.5. The number of methoxy groups -OCH3 is 2. The third kappa shape index (κ3) is 3.45. The van der Waals surface area contributed by atoms with Crippen LogP contribution in [0.4, 0.5) is 11.4 Å². The van der Waals surface area contributed by atoms with Crippen molar-refractivity contribution in [2.75, 3.05) is 30.4 Å². The number of nitrogens with zero attached hydrogens (tertiary/aromatic N) is 1. The van der Waals surface area contributed by atoms with Crippen molar-refractivity contribution in [3.8, 4) is 11.5 Å². The van der Waals surface area contributed by atoms with Gasteiger partial charge in [-0.15, -0.1) is 0 Å². The standard InChI is InChI=1S/C18H20N2O5S/c1-24-15-7-4-3-6-14(15)19-26(22,23)17-12-13(9-10-16(17)25-2)20-11-5-8-18(20)21/h3-4,6-7,9-10,12,19H,5,8,11H2,1-2H3. The van der Waals surface area contributed by atoms with E-state index in [2.05, 4.69) is 4.72 Å². The molecule has 138 valence electrons. The molecule has 0 bridgehead atoms. The van der Waals surface area contributed by atoms with E-state index in [1.807, 2.05) is 0 Å². The Hall–Kier alpha value is -2.74. The van der Waals surface area contributed by atoms with Gasteiger partial charge in [0.05, 0.1) is 19.9 Å². The summed E-state index contributed by atoms with van der Waals surface area (Å²) in [4.78, 5) is 13.5. The van der Waals surface area contributed by atoms with E-state index >= 15 is 0 Å². The van der Waals surface area contributed by atoms with Crippen molar-refractivity contribution >= 4 is 27.3 Å². The zero-order valence-corrected chi connectivity index (χ0v) is 15.4. The molecule has 26 heavy (non-hydrogen) atoms. The van der Waals surface area contributed by atoms with Gasteiger partial charge in [0.15, 0.2) is 0 Å². The molecule has 1 heterocycles. The smallest absolute Gasteiger partial charge is 0.265 e. The van der Waals surface area contributed by atoms with E-state index in [-0.39, 0.29) is 16.6 Å². The Balaban J connectivity index is 2.01. The predicted octanol–water partition coefficient (Wildman–Crippen LogP) is 2.63. The molecule has 2 aromatic carbocycles. The monoisotopic (exact) mass is 376 g/mol. The van der Waals surface area contributed by atoms with Crippen LogP contribution in [-0.2, 0) is 14.8 Å². The minimum absolute atomic E-state index is 0.0174. The molecule has 1 fully saturated rings. The first-order valence-corrected chi connectivity index (χ1v) is 9.59. The quantitative estimate of drug-likeness (QED) is 0.838. The van der Waals surface area contributed by atoms with Crippen LogP contribution in [0.15, 0.2) is 47.4 Å². The molecule has 0 radical (unpaired) electrons. The first kappa shape index (κ1) is 18.1. The molecule has 0 unspecified atom stereocenters. The van der Waals surface area contributed by atoms with Crippen molar-refractivity contribution in [2.24, 2.45) is 0 Å². The summed E-state index contributed by atoms with van der Waals surface area (Å²) in [5, 5.41) is 0. The summed E-state index contributed by atoms with van der Waals surface area (Å²) >= 11 is 0. The lowest BCUT2D eigenvalue weighted by Gasteiger charge is -2.19. The van der Waals surface area contributed by atoms with Crippen LogP contribution < -0.4 is 19.1 Å². The number of sulfonamides is 1. The second-order valence-electron chi connectivity index (χ2n) is 5.79. The van der Waals surface area contributed by atoms with Crippen LogP contribution in [0.1, 0.15) is 12.8 Å². The van der Waals surface area contributed by atoms with Gasteiger partial charge in [-0.1, -0.05) is 12.1 Å². The number of nitrogens with one attached hydrogen (secondary N) is 1. The van der Waals surface area contributed by atoms with Crippen molar-refractivity contribution in [3.63, 3.8) is 0 Å². The van der Waals surface area contributed by atoms with E-state index in [0.717, 1.165) is 6.42 Å². The maximum Gasteiger partial charge on any atom is 0.265 e. The highest BCUT2D eigenvalue weighted by atomic mass is 32.2. The summed E-state index contributed by atoms with van der Waals surface area (Å²) < 4.78 is 38.8.